The molecule has 0 fully saturated rings. The van der Waals surface area contributed by atoms with Gasteiger partial charge in [0.15, 0.2) is 10.8 Å². The lowest BCUT2D eigenvalue weighted by Crippen LogP contribution is -1.94. The standard InChI is InChI=1S/C13H5Cl3FN3S/c14-8-5-18-13(21-8)12-19-10(15)9(11(16)20-12)6-2-1-3-7(17)4-6/h1-5H. The topological polar surface area (TPSA) is 38.7 Å². The predicted octanol–water partition coefficient (Wildman–Crippen LogP) is 5.37. The fourth-order valence-electron chi connectivity index (χ4n) is 1.74. The van der Waals surface area contributed by atoms with Crippen molar-refractivity contribution in [3.63, 3.8) is 0 Å². The highest BCUT2D eigenvalue weighted by atomic mass is 35.5. The van der Waals surface area contributed by atoms with Gasteiger partial charge < -0.3 is 0 Å². The molecule has 3 rings (SSSR count). The Morgan fingerprint density at radius 3 is 2.33 bits per heavy atom. The van der Waals surface area contributed by atoms with Gasteiger partial charge in [-0.15, -0.1) is 0 Å². The minimum absolute atomic E-state index is 0.127. The molecule has 2 heterocycles. The van der Waals surface area contributed by atoms with Crippen LogP contribution in [-0.4, -0.2) is 15.0 Å². The summed E-state index contributed by atoms with van der Waals surface area (Å²) in [7, 11) is 0. The van der Waals surface area contributed by atoms with E-state index in [2.05, 4.69) is 15.0 Å². The Kier molecular flexibility index (Phi) is 4.08. The van der Waals surface area contributed by atoms with E-state index >= 15 is 0 Å². The normalized spacial score (nSPS) is 10.9. The van der Waals surface area contributed by atoms with Crippen LogP contribution in [0.4, 0.5) is 4.39 Å². The van der Waals surface area contributed by atoms with Crippen molar-refractivity contribution in [3.8, 4) is 22.0 Å². The molecule has 106 valence electrons. The summed E-state index contributed by atoms with van der Waals surface area (Å²) in [5, 5.41) is 0.762. The van der Waals surface area contributed by atoms with Crippen molar-refractivity contribution >= 4 is 46.1 Å². The largest absolute Gasteiger partial charge is 0.240 e. The Bertz CT molecular complexity index is 799. The van der Waals surface area contributed by atoms with Crippen molar-refractivity contribution in [2.45, 2.75) is 0 Å². The van der Waals surface area contributed by atoms with E-state index in [0.717, 1.165) is 0 Å². The van der Waals surface area contributed by atoms with Gasteiger partial charge in [-0.2, -0.15) is 0 Å². The SMILES string of the molecule is Fc1cccc(-c2c(Cl)nc(-c3ncc(Cl)s3)nc2Cl)c1. The molecule has 0 unspecified atom stereocenters. The maximum Gasteiger partial charge on any atom is 0.191 e. The number of aromatic nitrogens is 3. The summed E-state index contributed by atoms with van der Waals surface area (Å²) in [5.41, 5.74) is 0.887. The number of rotatable bonds is 2. The first kappa shape index (κ1) is 14.7. The van der Waals surface area contributed by atoms with E-state index in [9.17, 15) is 4.39 Å². The molecule has 0 aliphatic heterocycles. The van der Waals surface area contributed by atoms with Crippen molar-refractivity contribution in [2.75, 3.05) is 0 Å². The minimum Gasteiger partial charge on any atom is -0.240 e. The van der Waals surface area contributed by atoms with E-state index in [1.54, 1.807) is 12.1 Å². The van der Waals surface area contributed by atoms with Gasteiger partial charge in [0.2, 0.25) is 0 Å². The molecule has 0 saturated heterocycles. The number of hydrogen-bond acceptors (Lipinski definition) is 4. The van der Waals surface area contributed by atoms with Gasteiger partial charge in [-0.05, 0) is 17.7 Å². The van der Waals surface area contributed by atoms with Crippen LogP contribution in [0.1, 0.15) is 0 Å². The number of hydrogen-bond donors (Lipinski definition) is 0. The van der Waals surface area contributed by atoms with Crippen molar-refractivity contribution in [2.24, 2.45) is 0 Å². The second-order valence-electron chi connectivity index (χ2n) is 3.98. The monoisotopic (exact) mass is 359 g/mol. The van der Waals surface area contributed by atoms with Crippen molar-refractivity contribution in [1.82, 2.24) is 15.0 Å². The molecule has 0 amide bonds. The molecule has 0 radical (unpaired) electrons. The minimum atomic E-state index is -0.393. The first-order valence-corrected chi connectivity index (χ1v) is 7.60. The predicted molar refractivity (Wildman–Crippen MR) is 83.6 cm³/mol. The quantitative estimate of drug-likeness (QED) is 0.577. The van der Waals surface area contributed by atoms with Crippen LogP contribution in [-0.2, 0) is 0 Å². The van der Waals surface area contributed by atoms with Gasteiger partial charge in [-0.3, -0.25) is 0 Å². The molecule has 21 heavy (non-hydrogen) atoms. The zero-order valence-electron chi connectivity index (χ0n) is 10.1. The summed E-state index contributed by atoms with van der Waals surface area (Å²) in [6, 6.07) is 5.89. The zero-order chi connectivity index (χ0) is 15.0. The van der Waals surface area contributed by atoms with Crippen LogP contribution in [0, 0.1) is 5.82 Å². The van der Waals surface area contributed by atoms with Crippen LogP contribution >= 0.6 is 46.1 Å². The second kappa shape index (κ2) is 5.85. The number of benzene rings is 1. The third kappa shape index (κ3) is 3.01. The Balaban J connectivity index is 2.12. The molecule has 3 aromatic rings. The fraction of sp³-hybridized carbons (Fsp3) is 0. The first-order chi connectivity index (χ1) is 10.0. The molecule has 3 nitrogen and oxygen atoms in total. The van der Waals surface area contributed by atoms with Crippen LogP contribution in [0.25, 0.3) is 22.0 Å². The molecular weight excluding hydrogens is 356 g/mol. The Morgan fingerprint density at radius 1 is 1.05 bits per heavy atom. The van der Waals surface area contributed by atoms with E-state index in [1.807, 2.05) is 0 Å². The fourth-order valence-corrected chi connectivity index (χ4v) is 3.20. The van der Waals surface area contributed by atoms with Crippen LogP contribution in [0.2, 0.25) is 14.6 Å². The molecular formula is C13H5Cl3FN3S. The van der Waals surface area contributed by atoms with Gasteiger partial charge in [0.1, 0.15) is 20.5 Å². The molecule has 0 bridgehead atoms. The molecule has 0 aliphatic carbocycles. The Labute approximate surface area is 138 Å². The van der Waals surface area contributed by atoms with Gasteiger partial charge in [0, 0.05) is 0 Å². The van der Waals surface area contributed by atoms with Gasteiger partial charge in [-0.1, -0.05) is 58.3 Å². The van der Waals surface area contributed by atoms with Crippen LogP contribution in [0.5, 0.6) is 0 Å². The Morgan fingerprint density at radius 2 is 1.76 bits per heavy atom. The van der Waals surface area contributed by atoms with Gasteiger partial charge in [0.05, 0.1) is 11.8 Å². The van der Waals surface area contributed by atoms with Crippen molar-refractivity contribution in [3.05, 3.63) is 50.9 Å². The van der Waals surface area contributed by atoms with E-state index in [1.165, 1.54) is 29.7 Å². The summed E-state index contributed by atoms with van der Waals surface area (Å²) in [4.78, 5) is 12.4. The summed E-state index contributed by atoms with van der Waals surface area (Å²) in [6.45, 7) is 0. The smallest absolute Gasteiger partial charge is 0.191 e. The number of halogens is 4. The van der Waals surface area contributed by atoms with Crippen molar-refractivity contribution < 1.29 is 4.39 Å². The summed E-state index contributed by atoms with van der Waals surface area (Å²) < 4.78 is 13.8. The Hall–Kier alpha value is -1.27. The van der Waals surface area contributed by atoms with E-state index < -0.39 is 5.82 Å². The van der Waals surface area contributed by atoms with E-state index in [0.29, 0.717) is 20.5 Å². The lowest BCUT2D eigenvalue weighted by molar-refractivity contribution is 0.628. The molecule has 1 aromatic carbocycles. The summed E-state index contributed by atoms with van der Waals surface area (Å²) >= 11 is 19.4. The van der Waals surface area contributed by atoms with Gasteiger partial charge in [0.25, 0.3) is 0 Å². The highest BCUT2D eigenvalue weighted by molar-refractivity contribution is 7.18. The molecule has 2 aromatic heterocycles. The van der Waals surface area contributed by atoms with E-state index in [-0.39, 0.29) is 16.1 Å². The summed E-state index contributed by atoms with van der Waals surface area (Å²) in [5.74, 6) is -0.113. The van der Waals surface area contributed by atoms with Crippen LogP contribution in [0.15, 0.2) is 30.5 Å². The molecule has 8 heteroatoms. The highest BCUT2D eigenvalue weighted by Crippen LogP contribution is 2.35. The molecule has 0 N–H and O–H groups in total. The number of thiazole rings is 1. The lowest BCUT2D eigenvalue weighted by atomic mass is 10.1. The number of nitrogens with zero attached hydrogens (tertiary/aromatic N) is 3. The molecule has 0 atom stereocenters. The van der Waals surface area contributed by atoms with Crippen LogP contribution < -0.4 is 0 Å². The molecule has 0 saturated carbocycles. The first-order valence-electron chi connectivity index (χ1n) is 5.65. The van der Waals surface area contributed by atoms with E-state index in [4.69, 9.17) is 34.8 Å². The highest BCUT2D eigenvalue weighted by Gasteiger charge is 2.16. The molecule has 0 spiro atoms. The third-order valence-corrected chi connectivity index (χ3v) is 4.26. The lowest BCUT2D eigenvalue weighted by Gasteiger charge is -2.07. The van der Waals surface area contributed by atoms with Crippen LogP contribution in [0.3, 0.4) is 0 Å². The average molecular weight is 361 g/mol. The average Bonchev–Trinajstić information content (AvgIpc) is 2.85. The maximum absolute atomic E-state index is 13.3. The van der Waals surface area contributed by atoms with Gasteiger partial charge >= 0.3 is 0 Å². The zero-order valence-corrected chi connectivity index (χ0v) is 13.2. The maximum atomic E-state index is 13.3. The summed E-state index contributed by atoms with van der Waals surface area (Å²) in [6.07, 6.45) is 1.49. The molecule has 0 aliphatic rings. The van der Waals surface area contributed by atoms with Gasteiger partial charge in [-0.25, -0.2) is 19.3 Å². The second-order valence-corrected chi connectivity index (χ2v) is 6.36. The third-order valence-electron chi connectivity index (χ3n) is 2.60. The van der Waals surface area contributed by atoms with Crippen molar-refractivity contribution in [1.29, 1.82) is 0 Å².